The highest BCUT2D eigenvalue weighted by Gasteiger charge is 2.32. The molecule has 0 saturated heterocycles. The number of fused-ring (bicyclic) bond motifs is 1. The molecule has 2 heterocycles. The van der Waals surface area contributed by atoms with Crippen molar-refractivity contribution in [2.75, 3.05) is 5.32 Å². The molecule has 0 aliphatic carbocycles. The number of carbonyl (C=O) groups is 1. The number of hydrogen-bond donors (Lipinski definition) is 1. The number of benzene rings is 2. The van der Waals surface area contributed by atoms with Gasteiger partial charge in [-0.2, -0.15) is 0 Å². The lowest BCUT2D eigenvalue weighted by Crippen LogP contribution is -2.20. The van der Waals surface area contributed by atoms with Crippen LogP contribution in [0.25, 0.3) is 16.9 Å². The first-order valence-electron chi connectivity index (χ1n) is 8.59. The number of imidazole rings is 1. The van der Waals surface area contributed by atoms with E-state index in [-0.39, 0.29) is 5.56 Å². The lowest BCUT2D eigenvalue weighted by atomic mass is 10.1. The Kier molecular flexibility index (Phi) is 4.67. The number of ether oxygens (including phenoxy) is 1. The van der Waals surface area contributed by atoms with Crippen LogP contribution in [0.15, 0.2) is 79.1 Å². The SMILES string of the molecule is O=C(Nc1cccc(-c2cn3ccccc3n2)c1)c1ccccc1OC(F)(F)F. The third-order valence-electron chi connectivity index (χ3n) is 4.14. The quantitative estimate of drug-likeness (QED) is 0.518. The summed E-state index contributed by atoms with van der Waals surface area (Å²) in [5.74, 6) is -1.27. The molecule has 0 unspecified atom stereocenters. The smallest absolute Gasteiger partial charge is 0.405 e. The number of anilines is 1. The highest BCUT2D eigenvalue weighted by Crippen LogP contribution is 2.28. The molecule has 8 heteroatoms. The normalized spacial score (nSPS) is 11.4. The van der Waals surface area contributed by atoms with Crippen molar-refractivity contribution >= 4 is 17.2 Å². The van der Waals surface area contributed by atoms with Gasteiger partial charge in [0.15, 0.2) is 0 Å². The Bertz CT molecular complexity index is 1150. The maximum atomic E-state index is 12.6. The van der Waals surface area contributed by atoms with Crippen LogP contribution in [-0.4, -0.2) is 21.7 Å². The predicted molar refractivity (Wildman–Crippen MR) is 102 cm³/mol. The van der Waals surface area contributed by atoms with E-state index in [0.29, 0.717) is 11.4 Å². The molecule has 0 saturated carbocycles. The van der Waals surface area contributed by atoms with Crippen LogP contribution in [0.3, 0.4) is 0 Å². The van der Waals surface area contributed by atoms with Gasteiger partial charge in [-0.25, -0.2) is 4.98 Å². The Morgan fingerprint density at radius 2 is 1.79 bits per heavy atom. The molecular formula is C21H14F3N3O2. The summed E-state index contributed by atoms with van der Waals surface area (Å²) in [6.07, 6.45) is -1.17. The van der Waals surface area contributed by atoms with Crippen LogP contribution in [0, 0.1) is 0 Å². The Balaban J connectivity index is 1.59. The van der Waals surface area contributed by atoms with E-state index < -0.39 is 18.0 Å². The van der Waals surface area contributed by atoms with E-state index in [9.17, 15) is 18.0 Å². The average molecular weight is 397 g/mol. The molecule has 5 nitrogen and oxygen atoms in total. The van der Waals surface area contributed by atoms with E-state index in [0.717, 1.165) is 17.3 Å². The number of aromatic nitrogens is 2. The van der Waals surface area contributed by atoms with Crippen LogP contribution in [0.5, 0.6) is 5.75 Å². The van der Waals surface area contributed by atoms with Crippen LogP contribution in [0.1, 0.15) is 10.4 Å². The van der Waals surface area contributed by atoms with Crippen molar-refractivity contribution < 1.29 is 22.7 Å². The van der Waals surface area contributed by atoms with Crippen molar-refractivity contribution in [3.63, 3.8) is 0 Å². The number of pyridine rings is 1. The largest absolute Gasteiger partial charge is 0.573 e. The molecule has 0 aliphatic rings. The third kappa shape index (κ3) is 4.21. The fraction of sp³-hybridized carbons (Fsp3) is 0.0476. The van der Waals surface area contributed by atoms with Gasteiger partial charge in [0.05, 0.1) is 11.3 Å². The molecule has 0 spiro atoms. The Morgan fingerprint density at radius 1 is 1.00 bits per heavy atom. The standard InChI is InChI=1S/C21H14F3N3O2/c22-21(23,24)29-18-9-2-1-8-16(18)20(28)25-15-7-5-6-14(12-15)17-13-27-11-4-3-10-19(27)26-17/h1-13H,(H,25,28). The molecule has 4 aromatic rings. The summed E-state index contributed by atoms with van der Waals surface area (Å²) in [5, 5.41) is 2.61. The second-order valence-electron chi connectivity index (χ2n) is 6.17. The molecule has 0 atom stereocenters. The van der Waals surface area contributed by atoms with Crippen LogP contribution in [0.4, 0.5) is 18.9 Å². The van der Waals surface area contributed by atoms with E-state index in [1.165, 1.54) is 18.2 Å². The van der Waals surface area contributed by atoms with Crippen molar-refractivity contribution in [2.24, 2.45) is 0 Å². The molecule has 0 aliphatic heterocycles. The summed E-state index contributed by atoms with van der Waals surface area (Å²) in [5.41, 5.74) is 2.43. The van der Waals surface area contributed by atoms with Crippen molar-refractivity contribution in [2.45, 2.75) is 6.36 Å². The molecule has 29 heavy (non-hydrogen) atoms. The first kappa shape index (κ1) is 18.5. The monoisotopic (exact) mass is 397 g/mol. The van der Waals surface area contributed by atoms with E-state index in [2.05, 4.69) is 15.0 Å². The molecule has 0 radical (unpaired) electrons. The lowest BCUT2D eigenvalue weighted by molar-refractivity contribution is -0.274. The second-order valence-corrected chi connectivity index (χ2v) is 6.17. The van der Waals surface area contributed by atoms with Crippen molar-refractivity contribution in [1.82, 2.24) is 9.38 Å². The van der Waals surface area contributed by atoms with E-state index in [1.54, 1.807) is 18.2 Å². The van der Waals surface area contributed by atoms with Gasteiger partial charge in [-0.05, 0) is 36.4 Å². The van der Waals surface area contributed by atoms with E-state index in [1.807, 2.05) is 41.1 Å². The molecule has 0 bridgehead atoms. The van der Waals surface area contributed by atoms with Gasteiger partial charge in [-0.3, -0.25) is 4.79 Å². The summed E-state index contributed by atoms with van der Waals surface area (Å²) in [4.78, 5) is 17.1. The minimum Gasteiger partial charge on any atom is -0.405 e. The summed E-state index contributed by atoms with van der Waals surface area (Å²) in [6, 6.07) is 17.7. The Labute approximate surface area is 163 Å². The van der Waals surface area contributed by atoms with Gasteiger partial charge < -0.3 is 14.5 Å². The molecule has 1 amide bonds. The summed E-state index contributed by atoms with van der Waals surface area (Å²) in [7, 11) is 0. The summed E-state index contributed by atoms with van der Waals surface area (Å²) < 4.78 is 43.5. The highest BCUT2D eigenvalue weighted by molar-refractivity contribution is 6.06. The van der Waals surface area contributed by atoms with E-state index >= 15 is 0 Å². The number of amides is 1. The first-order chi connectivity index (χ1) is 13.9. The molecule has 2 aromatic heterocycles. The van der Waals surface area contributed by atoms with E-state index in [4.69, 9.17) is 0 Å². The number of alkyl halides is 3. The number of rotatable bonds is 4. The number of halogens is 3. The van der Waals surface area contributed by atoms with Gasteiger partial charge in [-0.1, -0.05) is 30.3 Å². The van der Waals surface area contributed by atoms with Gasteiger partial charge >= 0.3 is 6.36 Å². The zero-order chi connectivity index (χ0) is 20.4. The molecule has 146 valence electrons. The first-order valence-corrected chi connectivity index (χ1v) is 8.59. The van der Waals surface area contributed by atoms with Crippen LogP contribution < -0.4 is 10.1 Å². The Hall–Kier alpha value is -3.81. The fourth-order valence-electron chi connectivity index (χ4n) is 2.90. The maximum absolute atomic E-state index is 12.6. The molecule has 0 fully saturated rings. The molecule has 2 aromatic carbocycles. The second kappa shape index (κ2) is 7.31. The topological polar surface area (TPSA) is 55.6 Å². The zero-order valence-corrected chi connectivity index (χ0v) is 14.9. The molecular weight excluding hydrogens is 383 g/mol. The number of nitrogens with zero attached hydrogens (tertiary/aromatic N) is 2. The van der Waals surface area contributed by atoms with Crippen molar-refractivity contribution in [3.8, 4) is 17.0 Å². The summed E-state index contributed by atoms with van der Waals surface area (Å²) in [6.45, 7) is 0. The van der Waals surface area contributed by atoms with Gasteiger partial charge in [0.25, 0.3) is 5.91 Å². The Morgan fingerprint density at radius 3 is 2.59 bits per heavy atom. The van der Waals surface area contributed by atoms with Crippen LogP contribution >= 0.6 is 0 Å². The minimum absolute atomic E-state index is 0.219. The number of hydrogen-bond acceptors (Lipinski definition) is 3. The number of carbonyl (C=O) groups excluding carboxylic acids is 1. The highest BCUT2D eigenvalue weighted by atomic mass is 19.4. The minimum atomic E-state index is -4.89. The predicted octanol–water partition coefficient (Wildman–Crippen LogP) is 5.15. The van der Waals surface area contributed by atoms with Gasteiger partial charge in [0.2, 0.25) is 0 Å². The van der Waals surface area contributed by atoms with Gasteiger partial charge in [0.1, 0.15) is 11.4 Å². The lowest BCUT2D eigenvalue weighted by Gasteiger charge is -2.13. The van der Waals surface area contributed by atoms with Crippen LogP contribution in [-0.2, 0) is 0 Å². The zero-order valence-electron chi connectivity index (χ0n) is 14.9. The van der Waals surface area contributed by atoms with Crippen LogP contribution in [0.2, 0.25) is 0 Å². The third-order valence-corrected chi connectivity index (χ3v) is 4.14. The number of nitrogens with one attached hydrogen (secondary N) is 1. The van der Waals surface area contributed by atoms with Gasteiger partial charge in [-0.15, -0.1) is 13.2 Å². The average Bonchev–Trinajstić information content (AvgIpc) is 3.12. The van der Waals surface area contributed by atoms with Gasteiger partial charge in [0, 0.05) is 23.6 Å². The fourth-order valence-corrected chi connectivity index (χ4v) is 2.90. The van der Waals surface area contributed by atoms with Crippen molar-refractivity contribution in [1.29, 1.82) is 0 Å². The molecule has 4 rings (SSSR count). The number of para-hydroxylation sites is 1. The van der Waals surface area contributed by atoms with Crippen molar-refractivity contribution in [3.05, 3.63) is 84.7 Å². The molecule has 1 N–H and O–H groups in total. The maximum Gasteiger partial charge on any atom is 0.573 e. The summed E-state index contributed by atoms with van der Waals surface area (Å²) >= 11 is 0.